The maximum atomic E-state index is 12.6. The third-order valence-corrected chi connectivity index (χ3v) is 8.77. The molecule has 1 aromatic carbocycles. The van der Waals surface area contributed by atoms with Crippen molar-refractivity contribution in [2.75, 3.05) is 11.1 Å². The summed E-state index contributed by atoms with van der Waals surface area (Å²) in [7, 11) is 0. The molecule has 33 heavy (non-hydrogen) atoms. The number of rotatable bonds is 9. The Kier molecular flexibility index (Phi) is 8.12. The van der Waals surface area contributed by atoms with E-state index in [2.05, 4.69) is 64.3 Å². The van der Waals surface area contributed by atoms with Crippen LogP contribution in [0.25, 0.3) is 0 Å². The second-order valence-electron chi connectivity index (χ2n) is 7.99. The van der Waals surface area contributed by atoms with Gasteiger partial charge in [0.25, 0.3) is 0 Å². The summed E-state index contributed by atoms with van der Waals surface area (Å²) in [5.41, 5.74) is 4.35. The average Bonchev–Trinajstić information content (AvgIpc) is 3.38. The van der Waals surface area contributed by atoms with Crippen LogP contribution in [0.2, 0.25) is 0 Å². The molecule has 1 aliphatic carbocycles. The second kappa shape index (κ2) is 11.2. The molecule has 1 N–H and O–H groups in total. The molecule has 0 unspecified atom stereocenters. The standard InChI is InChI=1S/C24H27N5OS3/c1-3-29-21(14-31-13-17-10-8-16(2)9-11-17)27-28-24(29)32-15-22(30)26-23-19(12-25)18-6-4-5-7-20(18)33-23/h8-11H,3-7,13-15H2,1-2H3,(H,26,30). The van der Waals surface area contributed by atoms with E-state index in [1.54, 1.807) is 11.3 Å². The Bertz CT molecular complexity index is 1160. The molecule has 0 bridgehead atoms. The number of fused-ring (bicyclic) bond motifs is 1. The van der Waals surface area contributed by atoms with E-state index < -0.39 is 0 Å². The van der Waals surface area contributed by atoms with Crippen LogP contribution < -0.4 is 5.32 Å². The van der Waals surface area contributed by atoms with Crippen LogP contribution in [0.3, 0.4) is 0 Å². The number of nitrogens with one attached hydrogen (secondary N) is 1. The van der Waals surface area contributed by atoms with Crippen LogP contribution in [0.4, 0.5) is 5.00 Å². The summed E-state index contributed by atoms with van der Waals surface area (Å²) in [6.45, 7) is 4.92. The Balaban J connectivity index is 1.32. The molecule has 0 fully saturated rings. The number of nitriles is 1. The van der Waals surface area contributed by atoms with Crippen LogP contribution in [0.5, 0.6) is 0 Å². The quantitative estimate of drug-likeness (QED) is 0.388. The van der Waals surface area contributed by atoms with Gasteiger partial charge in [-0.3, -0.25) is 4.79 Å². The molecular weight excluding hydrogens is 470 g/mol. The van der Waals surface area contributed by atoms with E-state index in [-0.39, 0.29) is 11.7 Å². The summed E-state index contributed by atoms with van der Waals surface area (Å²) in [5.74, 6) is 2.75. The van der Waals surface area contributed by atoms with Crippen molar-refractivity contribution in [2.45, 2.75) is 62.7 Å². The van der Waals surface area contributed by atoms with E-state index in [1.807, 2.05) is 11.8 Å². The lowest BCUT2D eigenvalue weighted by molar-refractivity contribution is -0.113. The normalized spacial score (nSPS) is 12.9. The topological polar surface area (TPSA) is 83.6 Å². The summed E-state index contributed by atoms with van der Waals surface area (Å²) in [4.78, 5) is 13.9. The zero-order chi connectivity index (χ0) is 23.2. The lowest BCUT2D eigenvalue weighted by Gasteiger charge is -2.09. The van der Waals surface area contributed by atoms with E-state index in [9.17, 15) is 10.1 Å². The number of carbonyl (C=O) groups excluding carboxylic acids is 1. The minimum atomic E-state index is -0.115. The first-order valence-corrected chi connectivity index (χ1v) is 14.1. The molecular formula is C24H27N5OS3. The maximum Gasteiger partial charge on any atom is 0.235 e. The van der Waals surface area contributed by atoms with Crippen LogP contribution in [0.15, 0.2) is 29.4 Å². The van der Waals surface area contributed by atoms with E-state index in [1.165, 1.54) is 27.8 Å². The Hall–Kier alpha value is -2.28. The van der Waals surface area contributed by atoms with Crippen LogP contribution in [-0.2, 0) is 35.7 Å². The first-order valence-electron chi connectivity index (χ1n) is 11.1. The number of hydrogen-bond donors (Lipinski definition) is 1. The lowest BCUT2D eigenvalue weighted by Crippen LogP contribution is -2.14. The van der Waals surface area contributed by atoms with Crippen molar-refractivity contribution in [3.63, 3.8) is 0 Å². The van der Waals surface area contributed by atoms with Crippen LogP contribution in [0, 0.1) is 18.3 Å². The SMILES string of the molecule is CCn1c(CSCc2ccc(C)cc2)nnc1SCC(=O)Nc1sc2c(c1C#N)CCCC2. The maximum absolute atomic E-state index is 12.6. The molecule has 9 heteroatoms. The molecule has 0 radical (unpaired) electrons. The highest BCUT2D eigenvalue weighted by Gasteiger charge is 2.22. The minimum absolute atomic E-state index is 0.115. The number of amides is 1. The monoisotopic (exact) mass is 497 g/mol. The number of carbonyl (C=O) groups is 1. The van der Waals surface area contributed by atoms with Crippen molar-refractivity contribution in [1.29, 1.82) is 5.26 Å². The van der Waals surface area contributed by atoms with E-state index in [4.69, 9.17) is 0 Å². The fourth-order valence-corrected chi connectivity index (χ4v) is 6.86. The second-order valence-corrected chi connectivity index (χ2v) is 11.0. The van der Waals surface area contributed by atoms with Crippen LogP contribution in [0.1, 0.15) is 52.7 Å². The molecule has 3 aromatic rings. The number of nitrogens with zero attached hydrogens (tertiary/aromatic N) is 4. The van der Waals surface area contributed by atoms with E-state index >= 15 is 0 Å². The minimum Gasteiger partial charge on any atom is -0.316 e. The van der Waals surface area contributed by atoms with Gasteiger partial charge in [-0.1, -0.05) is 41.6 Å². The van der Waals surface area contributed by atoms with Gasteiger partial charge in [-0.2, -0.15) is 5.26 Å². The largest absolute Gasteiger partial charge is 0.316 e. The van der Waals surface area contributed by atoms with E-state index in [0.29, 0.717) is 10.6 Å². The van der Waals surface area contributed by atoms with Crippen molar-refractivity contribution < 1.29 is 4.79 Å². The summed E-state index contributed by atoms with van der Waals surface area (Å²) < 4.78 is 2.07. The first-order chi connectivity index (χ1) is 16.1. The van der Waals surface area contributed by atoms with Crippen molar-refractivity contribution in [2.24, 2.45) is 0 Å². The number of hydrogen-bond acceptors (Lipinski definition) is 7. The molecule has 0 spiro atoms. The van der Waals surface area contributed by atoms with Gasteiger partial charge in [-0.25, -0.2) is 0 Å². The summed E-state index contributed by atoms with van der Waals surface area (Å²) >= 11 is 4.76. The predicted octanol–water partition coefficient (Wildman–Crippen LogP) is 5.58. The van der Waals surface area contributed by atoms with Crippen molar-refractivity contribution in [3.05, 3.63) is 57.2 Å². The zero-order valence-electron chi connectivity index (χ0n) is 18.9. The average molecular weight is 498 g/mol. The third-order valence-electron chi connectivity index (χ3n) is 5.60. The van der Waals surface area contributed by atoms with E-state index in [0.717, 1.165) is 60.3 Å². The Morgan fingerprint density at radius 2 is 2.00 bits per heavy atom. The van der Waals surface area contributed by atoms with Gasteiger partial charge >= 0.3 is 0 Å². The van der Waals surface area contributed by atoms with Gasteiger partial charge in [-0.05, 0) is 50.7 Å². The fraction of sp³-hybridized carbons (Fsp3) is 0.417. The smallest absolute Gasteiger partial charge is 0.235 e. The molecule has 4 rings (SSSR count). The van der Waals surface area contributed by atoms with Crippen molar-refractivity contribution >= 4 is 45.8 Å². The number of benzene rings is 1. The molecule has 1 amide bonds. The highest BCUT2D eigenvalue weighted by atomic mass is 32.2. The predicted molar refractivity (Wildman–Crippen MR) is 137 cm³/mol. The first kappa shape index (κ1) is 23.9. The van der Waals surface area contributed by atoms with Crippen LogP contribution in [-0.4, -0.2) is 26.4 Å². The van der Waals surface area contributed by atoms with Gasteiger partial charge in [0.05, 0.1) is 17.1 Å². The Labute approximate surface area is 207 Å². The third kappa shape index (κ3) is 5.81. The van der Waals surface area contributed by atoms with Crippen molar-refractivity contribution in [1.82, 2.24) is 14.8 Å². The molecule has 2 aromatic heterocycles. The molecule has 1 aliphatic rings. The number of anilines is 1. The highest BCUT2D eigenvalue weighted by Crippen LogP contribution is 2.37. The summed E-state index contributed by atoms with van der Waals surface area (Å²) in [6.07, 6.45) is 4.20. The summed E-state index contributed by atoms with van der Waals surface area (Å²) in [6, 6.07) is 10.9. The summed E-state index contributed by atoms with van der Waals surface area (Å²) in [5, 5.41) is 22.7. The van der Waals surface area contributed by atoms with Gasteiger partial charge < -0.3 is 9.88 Å². The van der Waals surface area contributed by atoms with Gasteiger partial charge in [0.2, 0.25) is 5.91 Å². The molecule has 0 aliphatic heterocycles. The molecule has 172 valence electrons. The van der Waals surface area contributed by atoms with Gasteiger partial charge in [-0.15, -0.1) is 33.3 Å². The number of aromatic nitrogens is 3. The van der Waals surface area contributed by atoms with Gasteiger partial charge in [0, 0.05) is 17.2 Å². The Morgan fingerprint density at radius 3 is 2.76 bits per heavy atom. The number of thiophene rings is 1. The van der Waals surface area contributed by atoms with Crippen molar-refractivity contribution in [3.8, 4) is 6.07 Å². The highest BCUT2D eigenvalue weighted by molar-refractivity contribution is 7.99. The van der Waals surface area contributed by atoms with Gasteiger partial charge in [0.15, 0.2) is 5.16 Å². The number of aryl methyl sites for hydroxylation is 2. The van der Waals surface area contributed by atoms with Crippen LogP contribution >= 0.6 is 34.9 Å². The fourth-order valence-electron chi connectivity index (χ4n) is 3.86. The zero-order valence-corrected chi connectivity index (χ0v) is 21.3. The molecule has 0 saturated heterocycles. The van der Waals surface area contributed by atoms with Gasteiger partial charge in [0.1, 0.15) is 16.9 Å². The molecule has 2 heterocycles. The molecule has 0 saturated carbocycles. The molecule has 6 nitrogen and oxygen atoms in total. The Morgan fingerprint density at radius 1 is 1.21 bits per heavy atom. The lowest BCUT2D eigenvalue weighted by atomic mass is 9.96. The number of thioether (sulfide) groups is 2. The molecule has 0 atom stereocenters.